The maximum Gasteiger partial charge on any atom is 0.253 e. The first-order valence-corrected chi connectivity index (χ1v) is 11.5. The van der Waals surface area contributed by atoms with Gasteiger partial charge >= 0.3 is 0 Å². The Labute approximate surface area is 184 Å². The molecule has 3 amide bonds. The highest BCUT2D eigenvalue weighted by Gasteiger charge is 2.35. The second-order valence-corrected chi connectivity index (χ2v) is 9.13. The number of likely N-dealkylation sites (tertiary alicyclic amines) is 2. The average molecular weight is 428 g/mol. The van der Waals surface area contributed by atoms with E-state index in [1.54, 1.807) is 24.1 Å². The lowest BCUT2D eigenvalue weighted by Gasteiger charge is -2.32. The van der Waals surface area contributed by atoms with E-state index in [2.05, 4.69) is 0 Å². The van der Waals surface area contributed by atoms with Gasteiger partial charge < -0.3 is 19.4 Å². The highest BCUT2D eigenvalue weighted by molar-refractivity contribution is 5.94. The summed E-state index contributed by atoms with van der Waals surface area (Å²) in [5.74, 6) is 1.68. The number of nitrogens with zero attached hydrogens (tertiary/aromatic N) is 3. The second-order valence-electron chi connectivity index (χ2n) is 9.13. The van der Waals surface area contributed by atoms with Gasteiger partial charge in [0.25, 0.3) is 5.91 Å². The van der Waals surface area contributed by atoms with E-state index >= 15 is 0 Å². The van der Waals surface area contributed by atoms with Gasteiger partial charge in [-0.05, 0) is 44.0 Å². The van der Waals surface area contributed by atoms with Gasteiger partial charge in [0, 0.05) is 76.4 Å². The van der Waals surface area contributed by atoms with Crippen LogP contribution in [0.25, 0.3) is 0 Å². The predicted molar refractivity (Wildman–Crippen MR) is 117 cm³/mol. The molecule has 1 saturated carbocycles. The summed E-state index contributed by atoms with van der Waals surface area (Å²) < 4.78 is 6.09. The molecule has 0 spiro atoms. The zero-order valence-electron chi connectivity index (χ0n) is 18.6. The van der Waals surface area contributed by atoms with Crippen LogP contribution in [0.2, 0.25) is 0 Å². The number of hydrogen-bond acceptors (Lipinski definition) is 4. The minimum absolute atomic E-state index is 0.0409. The fourth-order valence-electron chi connectivity index (χ4n) is 4.62. The van der Waals surface area contributed by atoms with Crippen molar-refractivity contribution in [3.8, 4) is 5.75 Å². The van der Waals surface area contributed by atoms with Gasteiger partial charge in [-0.2, -0.15) is 0 Å². The molecule has 31 heavy (non-hydrogen) atoms. The van der Waals surface area contributed by atoms with Crippen LogP contribution in [0.15, 0.2) is 24.3 Å². The van der Waals surface area contributed by atoms with Crippen molar-refractivity contribution in [1.82, 2.24) is 14.7 Å². The molecule has 0 bridgehead atoms. The van der Waals surface area contributed by atoms with Crippen molar-refractivity contribution in [3.63, 3.8) is 0 Å². The number of piperidine rings is 1. The Bertz CT molecular complexity index is 813. The molecular formula is C24H33N3O4. The number of benzene rings is 1. The van der Waals surface area contributed by atoms with Crippen molar-refractivity contribution in [2.75, 3.05) is 39.8 Å². The number of carbonyl (C=O) groups is 3. The fraction of sp³-hybridized carbons (Fsp3) is 0.625. The van der Waals surface area contributed by atoms with E-state index in [1.165, 1.54) is 0 Å². The third-order valence-electron chi connectivity index (χ3n) is 6.64. The summed E-state index contributed by atoms with van der Waals surface area (Å²) in [6.07, 6.45) is 4.40. The van der Waals surface area contributed by atoms with Crippen LogP contribution in [-0.2, 0) is 9.59 Å². The molecule has 2 saturated heterocycles. The number of hydrogen-bond donors (Lipinski definition) is 0. The highest BCUT2D eigenvalue weighted by atomic mass is 16.5. The van der Waals surface area contributed by atoms with Crippen LogP contribution in [0, 0.1) is 11.8 Å². The van der Waals surface area contributed by atoms with Crippen LogP contribution in [0.3, 0.4) is 0 Å². The highest BCUT2D eigenvalue weighted by Crippen LogP contribution is 2.32. The molecule has 2 heterocycles. The van der Waals surface area contributed by atoms with E-state index in [0.29, 0.717) is 24.4 Å². The molecule has 0 unspecified atom stereocenters. The third-order valence-corrected chi connectivity index (χ3v) is 6.64. The summed E-state index contributed by atoms with van der Waals surface area (Å²) in [7, 11) is 1.79. The molecule has 3 aliphatic rings. The molecule has 0 N–H and O–H groups in total. The molecule has 0 radical (unpaired) electrons. The topological polar surface area (TPSA) is 70.2 Å². The van der Waals surface area contributed by atoms with Crippen LogP contribution in [0.5, 0.6) is 5.75 Å². The molecule has 7 heteroatoms. The molecule has 4 rings (SSSR count). The molecule has 0 aromatic heterocycles. The minimum Gasteiger partial charge on any atom is -0.490 e. The van der Waals surface area contributed by atoms with Crippen LogP contribution >= 0.6 is 0 Å². The molecule has 1 aromatic carbocycles. The van der Waals surface area contributed by atoms with Gasteiger partial charge in [0.05, 0.1) is 0 Å². The van der Waals surface area contributed by atoms with E-state index in [-0.39, 0.29) is 29.8 Å². The molecule has 2 aliphatic heterocycles. The van der Waals surface area contributed by atoms with E-state index in [9.17, 15) is 14.4 Å². The Morgan fingerprint density at radius 3 is 2.35 bits per heavy atom. The number of rotatable bonds is 7. The monoisotopic (exact) mass is 427 g/mol. The Morgan fingerprint density at radius 2 is 1.77 bits per heavy atom. The Kier molecular flexibility index (Phi) is 6.49. The lowest BCUT2D eigenvalue weighted by atomic mass is 10.1. The fourth-order valence-corrected chi connectivity index (χ4v) is 4.62. The lowest BCUT2D eigenvalue weighted by molar-refractivity contribution is -0.134. The van der Waals surface area contributed by atoms with Crippen molar-refractivity contribution >= 4 is 17.7 Å². The first-order chi connectivity index (χ1) is 14.9. The van der Waals surface area contributed by atoms with Crippen molar-refractivity contribution in [2.24, 2.45) is 11.8 Å². The number of amides is 3. The largest absolute Gasteiger partial charge is 0.490 e. The molecule has 7 nitrogen and oxygen atoms in total. The predicted octanol–water partition coefficient (Wildman–Crippen LogP) is 2.41. The molecular weight excluding hydrogens is 394 g/mol. The Hall–Kier alpha value is -2.57. The van der Waals surface area contributed by atoms with Crippen LogP contribution in [0.4, 0.5) is 0 Å². The van der Waals surface area contributed by atoms with Gasteiger partial charge in [0.15, 0.2) is 0 Å². The van der Waals surface area contributed by atoms with Crippen LogP contribution in [-0.4, -0.2) is 78.3 Å². The van der Waals surface area contributed by atoms with E-state index in [4.69, 9.17) is 4.74 Å². The smallest absolute Gasteiger partial charge is 0.253 e. The van der Waals surface area contributed by atoms with Gasteiger partial charge in [-0.3, -0.25) is 14.4 Å². The van der Waals surface area contributed by atoms with E-state index < -0.39 is 0 Å². The van der Waals surface area contributed by atoms with Gasteiger partial charge in [0.1, 0.15) is 11.9 Å². The molecule has 1 atom stereocenters. The molecule has 3 fully saturated rings. The standard InChI is InChI=1S/C24H33N3O4/c1-3-26-16-17(14-22(26)28)15-25(2)23(29)18-6-8-20(9-7-18)31-21-10-12-27(13-11-21)24(30)19-4-5-19/h6-9,17,19,21H,3-5,10-16H2,1-2H3/t17-/m1/s1. The van der Waals surface area contributed by atoms with Gasteiger partial charge in [-0.15, -0.1) is 0 Å². The van der Waals surface area contributed by atoms with Crippen molar-refractivity contribution in [3.05, 3.63) is 29.8 Å². The summed E-state index contributed by atoms with van der Waals surface area (Å²) >= 11 is 0. The number of carbonyl (C=O) groups excluding carboxylic acids is 3. The van der Waals surface area contributed by atoms with Crippen LogP contribution < -0.4 is 4.74 Å². The lowest BCUT2D eigenvalue weighted by Crippen LogP contribution is -2.42. The quantitative estimate of drug-likeness (QED) is 0.670. The first kappa shape index (κ1) is 21.7. The zero-order valence-corrected chi connectivity index (χ0v) is 18.6. The van der Waals surface area contributed by atoms with Gasteiger partial charge in [0.2, 0.25) is 11.8 Å². The summed E-state index contributed by atoms with van der Waals surface area (Å²) in [5, 5.41) is 0. The maximum absolute atomic E-state index is 12.8. The molecule has 1 aromatic rings. The summed E-state index contributed by atoms with van der Waals surface area (Å²) in [5.41, 5.74) is 0.622. The van der Waals surface area contributed by atoms with Gasteiger partial charge in [-0.1, -0.05) is 0 Å². The summed E-state index contributed by atoms with van der Waals surface area (Å²) in [4.78, 5) is 42.4. The second kappa shape index (κ2) is 9.28. The Morgan fingerprint density at radius 1 is 1.10 bits per heavy atom. The molecule has 168 valence electrons. The Balaban J connectivity index is 1.24. The van der Waals surface area contributed by atoms with Crippen LogP contribution in [0.1, 0.15) is 49.4 Å². The van der Waals surface area contributed by atoms with Crippen molar-refractivity contribution in [1.29, 1.82) is 0 Å². The third kappa shape index (κ3) is 5.20. The van der Waals surface area contributed by atoms with Crippen molar-refractivity contribution in [2.45, 2.75) is 45.1 Å². The number of ether oxygens (including phenoxy) is 1. The van der Waals surface area contributed by atoms with Crippen molar-refractivity contribution < 1.29 is 19.1 Å². The SMILES string of the molecule is CCN1C[C@@H](CN(C)C(=O)c2ccc(OC3CCN(C(=O)C4CC4)CC3)cc2)CC1=O. The average Bonchev–Trinajstić information content (AvgIpc) is 3.57. The van der Waals surface area contributed by atoms with E-state index in [1.807, 2.05) is 28.9 Å². The summed E-state index contributed by atoms with van der Waals surface area (Å²) in [6, 6.07) is 7.30. The normalized spacial score (nSPS) is 22.0. The zero-order chi connectivity index (χ0) is 22.0. The van der Waals surface area contributed by atoms with Gasteiger partial charge in [-0.25, -0.2) is 0 Å². The first-order valence-electron chi connectivity index (χ1n) is 11.5. The molecule has 1 aliphatic carbocycles. The summed E-state index contributed by atoms with van der Waals surface area (Å²) in [6.45, 7) is 5.55. The minimum atomic E-state index is -0.0409. The van der Waals surface area contributed by atoms with E-state index in [0.717, 1.165) is 57.6 Å². The maximum atomic E-state index is 12.8.